The summed E-state index contributed by atoms with van der Waals surface area (Å²) < 4.78 is 0. The molecule has 1 fully saturated rings. The fourth-order valence-electron chi connectivity index (χ4n) is 1.28. The molecule has 64 valence electrons. The largest absolute Gasteiger partial charge is 0.355 e. The third-order valence-electron chi connectivity index (χ3n) is 1.93. The quantitative estimate of drug-likeness (QED) is 0.615. The van der Waals surface area contributed by atoms with Gasteiger partial charge in [-0.1, -0.05) is 6.92 Å². The van der Waals surface area contributed by atoms with E-state index in [9.17, 15) is 4.79 Å². The molecule has 1 aliphatic heterocycles. The SMILES string of the molecule is CCCNC(=O)[C@@H]1CCCN1. The van der Waals surface area contributed by atoms with Gasteiger partial charge in [0.2, 0.25) is 5.91 Å². The Kier molecular flexibility index (Phi) is 3.36. The molecule has 1 amide bonds. The molecule has 1 rings (SSSR count). The first-order chi connectivity index (χ1) is 5.34. The molecule has 0 radical (unpaired) electrons. The number of amides is 1. The molecule has 1 saturated heterocycles. The highest BCUT2D eigenvalue weighted by Crippen LogP contribution is 2.03. The second kappa shape index (κ2) is 4.34. The predicted octanol–water partition coefficient (Wildman–Crippen LogP) is 0.265. The maximum Gasteiger partial charge on any atom is 0.237 e. The first kappa shape index (κ1) is 8.53. The first-order valence-corrected chi connectivity index (χ1v) is 4.35. The van der Waals surface area contributed by atoms with Gasteiger partial charge in [0.25, 0.3) is 0 Å². The Morgan fingerprint density at radius 1 is 1.73 bits per heavy atom. The number of rotatable bonds is 3. The van der Waals surface area contributed by atoms with E-state index in [1.54, 1.807) is 0 Å². The Bertz CT molecular complexity index is 130. The van der Waals surface area contributed by atoms with Crippen molar-refractivity contribution in [3.8, 4) is 0 Å². The van der Waals surface area contributed by atoms with Gasteiger partial charge in [0, 0.05) is 6.54 Å². The molecule has 11 heavy (non-hydrogen) atoms. The van der Waals surface area contributed by atoms with Crippen LogP contribution >= 0.6 is 0 Å². The zero-order valence-corrected chi connectivity index (χ0v) is 7.02. The molecular weight excluding hydrogens is 140 g/mol. The summed E-state index contributed by atoms with van der Waals surface area (Å²) in [5.41, 5.74) is 0. The molecule has 0 spiro atoms. The summed E-state index contributed by atoms with van der Waals surface area (Å²) >= 11 is 0. The van der Waals surface area contributed by atoms with Crippen molar-refractivity contribution < 1.29 is 4.79 Å². The van der Waals surface area contributed by atoms with Crippen molar-refractivity contribution in [2.24, 2.45) is 0 Å². The zero-order valence-electron chi connectivity index (χ0n) is 7.02. The number of hydrogen-bond acceptors (Lipinski definition) is 2. The van der Waals surface area contributed by atoms with Crippen LogP contribution in [0.1, 0.15) is 26.2 Å². The highest BCUT2D eigenvalue weighted by Gasteiger charge is 2.20. The minimum Gasteiger partial charge on any atom is -0.355 e. The van der Waals surface area contributed by atoms with Crippen LogP contribution in [0.5, 0.6) is 0 Å². The van der Waals surface area contributed by atoms with Crippen LogP contribution in [-0.4, -0.2) is 25.0 Å². The van der Waals surface area contributed by atoms with Crippen molar-refractivity contribution in [1.82, 2.24) is 10.6 Å². The van der Waals surface area contributed by atoms with Crippen molar-refractivity contribution in [3.63, 3.8) is 0 Å². The molecule has 0 bridgehead atoms. The molecule has 2 N–H and O–H groups in total. The van der Waals surface area contributed by atoms with Gasteiger partial charge in [0.1, 0.15) is 0 Å². The van der Waals surface area contributed by atoms with Crippen LogP contribution in [0.4, 0.5) is 0 Å². The second-order valence-corrected chi connectivity index (χ2v) is 2.94. The lowest BCUT2D eigenvalue weighted by Crippen LogP contribution is -2.40. The highest BCUT2D eigenvalue weighted by molar-refractivity contribution is 5.81. The van der Waals surface area contributed by atoms with Crippen LogP contribution < -0.4 is 10.6 Å². The lowest BCUT2D eigenvalue weighted by Gasteiger charge is -2.09. The van der Waals surface area contributed by atoms with Gasteiger partial charge in [-0.15, -0.1) is 0 Å². The molecule has 1 atom stereocenters. The molecule has 1 aliphatic rings. The molecule has 0 saturated carbocycles. The third kappa shape index (κ3) is 2.50. The maximum absolute atomic E-state index is 11.2. The van der Waals surface area contributed by atoms with E-state index in [-0.39, 0.29) is 11.9 Å². The zero-order chi connectivity index (χ0) is 8.10. The fourth-order valence-corrected chi connectivity index (χ4v) is 1.28. The molecule has 3 nitrogen and oxygen atoms in total. The summed E-state index contributed by atoms with van der Waals surface area (Å²) in [5, 5.41) is 6.03. The molecule has 0 aromatic carbocycles. The normalized spacial score (nSPS) is 23.5. The maximum atomic E-state index is 11.2. The van der Waals surface area contributed by atoms with E-state index < -0.39 is 0 Å². The van der Waals surface area contributed by atoms with Gasteiger partial charge < -0.3 is 10.6 Å². The summed E-state index contributed by atoms with van der Waals surface area (Å²) in [7, 11) is 0. The molecule has 1 heterocycles. The van der Waals surface area contributed by atoms with E-state index in [0.717, 1.165) is 32.4 Å². The van der Waals surface area contributed by atoms with E-state index in [1.165, 1.54) is 0 Å². The van der Waals surface area contributed by atoms with Crippen molar-refractivity contribution >= 4 is 5.91 Å². The lowest BCUT2D eigenvalue weighted by atomic mass is 10.2. The lowest BCUT2D eigenvalue weighted by molar-refractivity contribution is -0.122. The minimum atomic E-state index is 0.0848. The number of hydrogen-bond donors (Lipinski definition) is 2. The number of carbonyl (C=O) groups is 1. The molecule has 0 aliphatic carbocycles. The van der Waals surface area contributed by atoms with E-state index >= 15 is 0 Å². The molecule has 0 aromatic rings. The van der Waals surface area contributed by atoms with Crippen molar-refractivity contribution in [3.05, 3.63) is 0 Å². The van der Waals surface area contributed by atoms with E-state index in [4.69, 9.17) is 0 Å². The molecular formula is C8H16N2O. The van der Waals surface area contributed by atoms with Crippen LogP contribution in [0, 0.1) is 0 Å². The number of nitrogens with one attached hydrogen (secondary N) is 2. The third-order valence-corrected chi connectivity index (χ3v) is 1.93. The van der Waals surface area contributed by atoms with Crippen molar-refractivity contribution in [1.29, 1.82) is 0 Å². The van der Waals surface area contributed by atoms with Crippen LogP contribution in [0.3, 0.4) is 0 Å². The van der Waals surface area contributed by atoms with Gasteiger partial charge in [-0.05, 0) is 25.8 Å². The topological polar surface area (TPSA) is 41.1 Å². The van der Waals surface area contributed by atoms with Crippen LogP contribution in [0.25, 0.3) is 0 Å². The Hall–Kier alpha value is -0.570. The summed E-state index contributed by atoms with van der Waals surface area (Å²) in [6.07, 6.45) is 3.14. The average Bonchev–Trinajstić information content (AvgIpc) is 2.52. The van der Waals surface area contributed by atoms with Crippen LogP contribution in [0.15, 0.2) is 0 Å². The van der Waals surface area contributed by atoms with Gasteiger partial charge in [-0.2, -0.15) is 0 Å². The molecule has 0 unspecified atom stereocenters. The minimum absolute atomic E-state index is 0.0848. The fraction of sp³-hybridized carbons (Fsp3) is 0.875. The van der Waals surface area contributed by atoms with Gasteiger partial charge >= 0.3 is 0 Å². The number of carbonyl (C=O) groups excluding carboxylic acids is 1. The monoisotopic (exact) mass is 156 g/mol. The van der Waals surface area contributed by atoms with Gasteiger partial charge in [0.05, 0.1) is 6.04 Å². The standard InChI is InChI=1S/C8H16N2O/c1-2-5-10-8(11)7-4-3-6-9-7/h7,9H,2-6H2,1H3,(H,10,11)/t7-/m0/s1. The first-order valence-electron chi connectivity index (χ1n) is 4.35. The highest BCUT2D eigenvalue weighted by atomic mass is 16.2. The van der Waals surface area contributed by atoms with Crippen LogP contribution in [-0.2, 0) is 4.79 Å². The van der Waals surface area contributed by atoms with E-state index in [1.807, 2.05) is 0 Å². The van der Waals surface area contributed by atoms with Crippen LogP contribution in [0.2, 0.25) is 0 Å². The molecule has 0 aromatic heterocycles. The van der Waals surface area contributed by atoms with Gasteiger partial charge in [0.15, 0.2) is 0 Å². The Morgan fingerprint density at radius 3 is 3.09 bits per heavy atom. The van der Waals surface area contributed by atoms with Crippen molar-refractivity contribution in [2.45, 2.75) is 32.2 Å². The van der Waals surface area contributed by atoms with E-state index in [0.29, 0.717) is 0 Å². The summed E-state index contributed by atoms with van der Waals surface area (Å²) in [4.78, 5) is 11.2. The summed E-state index contributed by atoms with van der Waals surface area (Å²) in [6, 6.07) is 0.0848. The average molecular weight is 156 g/mol. The predicted molar refractivity (Wildman–Crippen MR) is 44.3 cm³/mol. The second-order valence-electron chi connectivity index (χ2n) is 2.94. The smallest absolute Gasteiger partial charge is 0.237 e. The van der Waals surface area contributed by atoms with E-state index in [2.05, 4.69) is 17.6 Å². The van der Waals surface area contributed by atoms with Crippen molar-refractivity contribution in [2.75, 3.05) is 13.1 Å². The Balaban J connectivity index is 2.17. The van der Waals surface area contributed by atoms with Gasteiger partial charge in [-0.3, -0.25) is 4.79 Å². The Morgan fingerprint density at radius 2 is 2.55 bits per heavy atom. The Labute approximate surface area is 67.5 Å². The summed E-state index contributed by atoms with van der Waals surface area (Å²) in [6.45, 7) is 3.85. The molecule has 3 heteroatoms. The summed E-state index contributed by atoms with van der Waals surface area (Å²) in [5.74, 6) is 0.171. The van der Waals surface area contributed by atoms with Gasteiger partial charge in [-0.25, -0.2) is 0 Å².